The molecule has 0 bridgehead atoms. The maximum atomic E-state index is 5.80. The maximum Gasteiger partial charge on any atom is 0.218 e. The van der Waals surface area contributed by atoms with E-state index in [1.807, 2.05) is 27.7 Å². The zero-order valence-corrected chi connectivity index (χ0v) is 18.1. The summed E-state index contributed by atoms with van der Waals surface area (Å²) in [5.74, 6) is 1.72. The first-order valence-electron chi connectivity index (χ1n) is 8.52. The van der Waals surface area contributed by atoms with Crippen LogP contribution in [0.25, 0.3) is 0 Å². The molecule has 0 saturated heterocycles. The van der Waals surface area contributed by atoms with Gasteiger partial charge in [0.15, 0.2) is 11.5 Å². The zero-order chi connectivity index (χ0) is 18.4. The molecule has 0 atom stereocenters. The lowest BCUT2D eigenvalue weighted by molar-refractivity contribution is 0.294. The fraction of sp³-hybridized carbons (Fsp3) is 0.556. The van der Waals surface area contributed by atoms with Crippen molar-refractivity contribution in [1.82, 2.24) is 0 Å². The highest BCUT2D eigenvalue weighted by Crippen LogP contribution is 2.53. The van der Waals surface area contributed by atoms with Crippen LogP contribution in [-0.4, -0.2) is 26.4 Å². The maximum absolute atomic E-state index is 5.80. The largest absolute Gasteiger partial charge is 0.489 e. The fourth-order valence-corrected chi connectivity index (χ4v) is 6.16. The van der Waals surface area contributed by atoms with Gasteiger partial charge >= 0.3 is 0 Å². The van der Waals surface area contributed by atoms with Gasteiger partial charge in [0.05, 0.1) is 34.8 Å². The van der Waals surface area contributed by atoms with E-state index in [9.17, 15) is 0 Å². The molecule has 2 rings (SSSR count). The van der Waals surface area contributed by atoms with Gasteiger partial charge in [-0.25, -0.2) is 0 Å². The highest BCUT2D eigenvalue weighted by molar-refractivity contribution is 8.03. The van der Waals surface area contributed by atoms with Crippen LogP contribution in [0.1, 0.15) is 38.8 Å². The summed E-state index contributed by atoms with van der Waals surface area (Å²) < 4.78 is 25.5. The van der Waals surface area contributed by atoms with Crippen molar-refractivity contribution in [1.29, 1.82) is 0 Å². The standard InChI is InChI=1S/C18H26O4S3/c1-7-19-13-11(5)17(23-15(13)21-9-3)25-18-12(6)14(20-8-2)16(24-18)22-10-4/h7-10H2,1-6H3. The van der Waals surface area contributed by atoms with Crippen molar-refractivity contribution in [2.75, 3.05) is 26.4 Å². The van der Waals surface area contributed by atoms with Crippen LogP contribution in [0.15, 0.2) is 8.42 Å². The van der Waals surface area contributed by atoms with E-state index in [-0.39, 0.29) is 0 Å². The average molecular weight is 403 g/mol. The summed E-state index contributed by atoms with van der Waals surface area (Å²) >= 11 is 5.00. The van der Waals surface area contributed by atoms with E-state index in [0.717, 1.165) is 32.8 Å². The van der Waals surface area contributed by atoms with Crippen molar-refractivity contribution in [3.63, 3.8) is 0 Å². The van der Waals surface area contributed by atoms with Crippen molar-refractivity contribution in [2.45, 2.75) is 50.0 Å². The van der Waals surface area contributed by atoms with Gasteiger partial charge in [0, 0.05) is 11.1 Å². The zero-order valence-electron chi connectivity index (χ0n) is 15.7. The highest BCUT2D eigenvalue weighted by Gasteiger charge is 2.23. The second kappa shape index (κ2) is 9.59. The van der Waals surface area contributed by atoms with Crippen molar-refractivity contribution in [3.8, 4) is 21.6 Å². The molecule has 25 heavy (non-hydrogen) atoms. The molecule has 2 heterocycles. The van der Waals surface area contributed by atoms with E-state index < -0.39 is 0 Å². The third-order valence-corrected chi connectivity index (χ3v) is 7.29. The van der Waals surface area contributed by atoms with Crippen molar-refractivity contribution >= 4 is 34.4 Å². The van der Waals surface area contributed by atoms with Crippen LogP contribution in [0.4, 0.5) is 0 Å². The second-order valence-electron chi connectivity index (χ2n) is 5.10. The highest BCUT2D eigenvalue weighted by atomic mass is 32.2. The first-order chi connectivity index (χ1) is 12.1. The lowest BCUT2D eigenvalue weighted by Gasteiger charge is -2.06. The summed E-state index contributed by atoms with van der Waals surface area (Å²) in [6.45, 7) is 14.7. The summed E-state index contributed by atoms with van der Waals surface area (Å²) in [7, 11) is 0. The molecule has 0 radical (unpaired) electrons. The molecule has 0 unspecified atom stereocenters. The molecule has 140 valence electrons. The van der Waals surface area contributed by atoms with Gasteiger partial charge in [0.25, 0.3) is 0 Å². The summed E-state index contributed by atoms with van der Waals surface area (Å²) in [4.78, 5) is 0. The summed E-state index contributed by atoms with van der Waals surface area (Å²) in [6, 6.07) is 0. The van der Waals surface area contributed by atoms with Crippen LogP contribution in [0, 0.1) is 13.8 Å². The lowest BCUT2D eigenvalue weighted by atomic mass is 10.3. The van der Waals surface area contributed by atoms with Gasteiger partial charge in [-0.2, -0.15) is 0 Å². The Morgan fingerprint density at radius 1 is 0.640 bits per heavy atom. The molecule has 0 amide bonds. The van der Waals surface area contributed by atoms with Crippen molar-refractivity contribution in [2.24, 2.45) is 0 Å². The molecule has 0 aromatic carbocycles. The molecule has 0 aliphatic heterocycles. The van der Waals surface area contributed by atoms with Gasteiger partial charge in [-0.1, -0.05) is 34.4 Å². The molecular weight excluding hydrogens is 376 g/mol. The Hall–Kier alpha value is -1.05. The van der Waals surface area contributed by atoms with E-state index in [2.05, 4.69) is 13.8 Å². The van der Waals surface area contributed by atoms with E-state index in [0.29, 0.717) is 26.4 Å². The van der Waals surface area contributed by atoms with Gasteiger partial charge in [0.2, 0.25) is 10.1 Å². The molecule has 4 nitrogen and oxygen atoms in total. The first-order valence-corrected chi connectivity index (χ1v) is 11.0. The van der Waals surface area contributed by atoms with Gasteiger partial charge in [-0.05, 0) is 41.5 Å². The normalized spacial score (nSPS) is 10.8. The van der Waals surface area contributed by atoms with Gasteiger partial charge in [0.1, 0.15) is 0 Å². The van der Waals surface area contributed by atoms with Crippen LogP contribution in [-0.2, 0) is 0 Å². The molecule has 0 spiro atoms. The monoisotopic (exact) mass is 402 g/mol. The first kappa shape index (κ1) is 20.3. The van der Waals surface area contributed by atoms with E-state index in [1.54, 1.807) is 34.4 Å². The third kappa shape index (κ3) is 4.57. The molecule has 0 aliphatic carbocycles. The number of ether oxygens (including phenoxy) is 4. The van der Waals surface area contributed by atoms with Crippen LogP contribution >= 0.6 is 34.4 Å². The SMILES string of the molecule is CCOc1sc(Sc2sc(OCC)c(OCC)c2C)c(C)c1OCC. The molecule has 2 aromatic heterocycles. The minimum Gasteiger partial charge on any atom is -0.489 e. The third-order valence-electron chi connectivity index (χ3n) is 3.35. The van der Waals surface area contributed by atoms with E-state index in [1.165, 1.54) is 8.42 Å². The van der Waals surface area contributed by atoms with Gasteiger partial charge in [-0.3, -0.25) is 0 Å². The Bertz CT molecular complexity index is 633. The summed E-state index contributed by atoms with van der Waals surface area (Å²) in [5, 5.41) is 1.71. The van der Waals surface area contributed by atoms with Crippen LogP contribution in [0.2, 0.25) is 0 Å². The Morgan fingerprint density at radius 3 is 1.32 bits per heavy atom. The quantitative estimate of drug-likeness (QED) is 0.475. The molecule has 0 aliphatic rings. The second-order valence-corrected chi connectivity index (χ2v) is 8.60. The van der Waals surface area contributed by atoms with Crippen LogP contribution in [0.5, 0.6) is 21.6 Å². The molecule has 7 heteroatoms. The predicted molar refractivity (Wildman–Crippen MR) is 107 cm³/mol. The van der Waals surface area contributed by atoms with Gasteiger partial charge < -0.3 is 18.9 Å². The van der Waals surface area contributed by atoms with Crippen LogP contribution < -0.4 is 18.9 Å². The Kier molecular flexibility index (Phi) is 7.78. The van der Waals surface area contributed by atoms with Crippen LogP contribution in [0.3, 0.4) is 0 Å². The molecule has 0 N–H and O–H groups in total. The molecule has 0 fully saturated rings. The topological polar surface area (TPSA) is 36.9 Å². The Balaban J connectivity index is 2.36. The smallest absolute Gasteiger partial charge is 0.218 e. The molecule has 0 saturated carbocycles. The fourth-order valence-electron chi connectivity index (χ4n) is 2.26. The minimum atomic E-state index is 0.628. The molecular formula is C18H26O4S3. The summed E-state index contributed by atoms with van der Waals surface area (Å²) in [5.41, 5.74) is 2.26. The number of hydrogen-bond acceptors (Lipinski definition) is 7. The van der Waals surface area contributed by atoms with Crippen molar-refractivity contribution in [3.05, 3.63) is 11.1 Å². The van der Waals surface area contributed by atoms with Gasteiger partial charge in [-0.15, -0.1) is 0 Å². The summed E-state index contributed by atoms with van der Waals surface area (Å²) in [6.07, 6.45) is 0. The Labute approximate surface area is 162 Å². The molecule has 2 aromatic rings. The number of rotatable bonds is 10. The predicted octanol–water partition coefficient (Wildman–Crippen LogP) is 6.17. The number of thiophene rings is 2. The average Bonchev–Trinajstić information content (AvgIpc) is 3.03. The van der Waals surface area contributed by atoms with Crippen molar-refractivity contribution < 1.29 is 18.9 Å². The lowest BCUT2D eigenvalue weighted by Crippen LogP contribution is -1.96. The Morgan fingerprint density at radius 2 is 1.00 bits per heavy atom. The minimum absolute atomic E-state index is 0.628. The van der Waals surface area contributed by atoms with E-state index in [4.69, 9.17) is 18.9 Å². The number of hydrogen-bond donors (Lipinski definition) is 0. The van der Waals surface area contributed by atoms with E-state index >= 15 is 0 Å².